The van der Waals surface area contributed by atoms with Crippen molar-refractivity contribution in [2.75, 3.05) is 0 Å². The standard InChI is InChI=1S/C23H17Cl2N3O5/c24-16-5-4-12(8-17(16)25)22-26-9-13(33-22)11-32-19-3-1-2-14-15(19)10-28(23(14)31)18-6-7-20(29)27-21(18)30/h1-5,8-9,18H,6-7,10-11H2,(H,27,29,30). The minimum atomic E-state index is -0.682. The average Bonchev–Trinajstić information content (AvgIpc) is 3.40. The number of hydrogen-bond acceptors (Lipinski definition) is 6. The predicted octanol–water partition coefficient (Wildman–Crippen LogP) is 3.99. The third-order valence-electron chi connectivity index (χ3n) is 5.63. The molecule has 0 bridgehead atoms. The van der Waals surface area contributed by atoms with Crippen LogP contribution in [0.3, 0.4) is 0 Å². The second-order valence-electron chi connectivity index (χ2n) is 7.73. The minimum Gasteiger partial charge on any atom is -0.485 e. The zero-order valence-corrected chi connectivity index (χ0v) is 18.7. The van der Waals surface area contributed by atoms with Gasteiger partial charge in [-0.1, -0.05) is 29.3 Å². The molecule has 8 nitrogen and oxygen atoms in total. The molecule has 1 aromatic heterocycles. The van der Waals surface area contributed by atoms with E-state index in [-0.39, 0.29) is 31.4 Å². The van der Waals surface area contributed by atoms with Crippen LogP contribution in [0, 0.1) is 0 Å². The lowest BCUT2D eigenvalue weighted by molar-refractivity contribution is -0.136. The first-order valence-electron chi connectivity index (χ1n) is 10.2. The molecule has 33 heavy (non-hydrogen) atoms. The summed E-state index contributed by atoms with van der Waals surface area (Å²) in [5.41, 5.74) is 1.85. The highest BCUT2D eigenvalue weighted by molar-refractivity contribution is 6.42. The summed E-state index contributed by atoms with van der Waals surface area (Å²) in [7, 11) is 0. The maximum Gasteiger partial charge on any atom is 0.255 e. The number of carbonyl (C=O) groups is 3. The fourth-order valence-corrected chi connectivity index (χ4v) is 4.28. The Kier molecular flexibility index (Phi) is 5.55. The molecule has 2 aliphatic rings. The first-order chi connectivity index (χ1) is 15.9. The number of amides is 3. The molecule has 1 unspecified atom stereocenters. The molecule has 2 aromatic carbocycles. The van der Waals surface area contributed by atoms with Crippen molar-refractivity contribution >= 4 is 40.9 Å². The molecule has 1 N–H and O–H groups in total. The number of fused-ring (bicyclic) bond motifs is 1. The molecule has 0 aliphatic carbocycles. The van der Waals surface area contributed by atoms with Gasteiger partial charge in [-0.25, -0.2) is 4.98 Å². The lowest BCUT2D eigenvalue weighted by Crippen LogP contribution is -2.52. The van der Waals surface area contributed by atoms with Crippen molar-refractivity contribution in [1.29, 1.82) is 0 Å². The van der Waals surface area contributed by atoms with Crippen molar-refractivity contribution in [3.63, 3.8) is 0 Å². The van der Waals surface area contributed by atoms with Crippen LogP contribution >= 0.6 is 23.2 Å². The van der Waals surface area contributed by atoms with Crippen molar-refractivity contribution in [2.45, 2.75) is 32.0 Å². The van der Waals surface area contributed by atoms with Gasteiger partial charge in [0.25, 0.3) is 5.91 Å². The quantitative estimate of drug-likeness (QED) is 0.548. The number of aromatic nitrogens is 1. The van der Waals surface area contributed by atoms with Gasteiger partial charge in [-0.2, -0.15) is 0 Å². The fraction of sp³-hybridized carbons (Fsp3) is 0.217. The summed E-state index contributed by atoms with van der Waals surface area (Å²) in [6, 6.07) is 9.59. The summed E-state index contributed by atoms with van der Waals surface area (Å²) >= 11 is 12.0. The summed E-state index contributed by atoms with van der Waals surface area (Å²) < 4.78 is 11.7. The Morgan fingerprint density at radius 1 is 1.15 bits per heavy atom. The Bertz CT molecular complexity index is 1290. The molecule has 168 valence electrons. The molecular formula is C23H17Cl2N3O5. The zero-order chi connectivity index (χ0) is 23.1. The van der Waals surface area contributed by atoms with E-state index in [9.17, 15) is 14.4 Å². The Morgan fingerprint density at radius 3 is 2.79 bits per heavy atom. The molecule has 2 aliphatic heterocycles. The summed E-state index contributed by atoms with van der Waals surface area (Å²) in [5.74, 6) is 0.349. The number of carbonyl (C=O) groups excluding carboxylic acids is 3. The van der Waals surface area contributed by atoms with Gasteiger partial charge in [-0.05, 0) is 36.8 Å². The maximum absolute atomic E-state index is 12.9. The van der Waals surface area contributed by atoms with Crippen molar-refractivity contribution in [2.24, 2.45) is 0 Å². The molecule has 1 atom stereocenters. The summed E-state index contributed by atoms with van der Waals surface area (Å²) in [6.07, 6.45) is 2.06. The van der Waals surface area contributed by atoms with Gasteiger partial charge < -0.3 is 14.1 Å². The number of halogens is 2. The predicted molar refractivity (Wildman–Crippen MR) is 119 cm³/mol. The van der Waals surface area contributed by atoms with Gasteiger partial charge in [-0.3, -0.25) is 19.7 Å². The van der Waals surface area contributed by atoms with Crippen molar-refractivity contribution < 1.29 is 23.5 Å². The third kappa shape index (κ3) is 4.07. The number of nitrogens with one attached hydrogen (secondary N) is 1. The van der Waals surface area contributed by atoms with Gasteiger partial charge in [-0.15, -0.1) is 0 Å². The summed E-state index contributed by atoms with van der Waals surface area (Å²) in [5, 5.41) is 3.14. The van der Waals surface area contributed by atoms with E-state index in [1.807, 2.05) is 0 Å². The molecule has 0 spiro atoms. The Hall–Kier alpha value is -3.36. The number of rotatable bonds is 5. The van der Waals surface area contributed by atoms with Crippen LogP contribution in [-0.4, -0.2) is 33.6 Å². The highest BCUT2D eigenvalue weighted by Crippen LogP contribution is 2.34. The molecule has 5 rings (SSSR count). The Balaban J connectivity index is 1.31. The van der Waals surface area contributed by atoms with Crippen LogP contribution < -0.4 is 10.1 Å². The highest BCUT2D eigenvalue weighted by Gasteiger charge is 2.40. The molecule has 1 fully saturated rings. The van der Waals surface area contributed by atoms with Crippen LogP contribution in [0.1, 0.15) is 34.5 Å². The van der Waals surface area contributed by atoms with Crippen LogP contribution in [-0.2, 0) is 22.7 Å². The van der Waals surface area contributed by atoms with Crippen LogP contribution in [0.15, 0.2) is 47.0 Å². The number of hydrogen-bond donors (Lipinski definition) is 1. The molecular weight excluding hydrogens is 469 g/mol. The molecule has 1 saturated heterocycles. The first kappa shape index (κ1) is 21.5. The number of nitrogens with zero attached hydrogens (tertiary/aromatic N) is 2. The molecule has 0 saturated carbocycles. The van der Waals surface area contributed by atoms with Crippen LogP contribution in [0.5, 0.6) is 5.75 Å². The smallest absolute Gasteiger partial charge is 0.255 e. The van der Waals surface area contributed by atoms with Gasteiger partial charge in [0.2, 0.25) is 17.7 Å². The number of oxazole rings is 1. The van der Waals surface area contributed by atoms with Crippen molar-refractivity contribution in [3.8, 4) is 17.2 Å². The number of imide groups is 1. The van der Waals surface area contributed by atoms with E-state index in [1.54, 1.807) is 42.6 Å². The van der Waals surface area contributed by atoms with Gasteiger partial charge >= 0.3 is 0 Å². The monoisotopic (exact) mass is 485 g/mol. The minimum absolute atomic E-state index is 0.0946. The maximum atomic E-state index is 12.9. The topological polar surface area (TPSA) is 102 Å². The number of benzene rings is 2. The SMILES string of the molecule is O=C1CCC(N2Cc3c(OCc4cnc(-c5ccc(Cl)c(Cl)c5)o4)cccc3C2=O)C(=O)N1. The van der Waals surface area contributed by atoms with Crippen molar-refractivity contribution in [1.82, 2.24) is 15.2 Å². The van der Waals surface area contributed by atoms with Gasteiger partial charge in [0.1, 0.15) is 18.4 Å². The van der Waals surface area contributed by atoms with Gasteiger partial charge in [0, 0.05) is 23.1 Å². The molecule has 3 heterocycles. The number of ether oxygens (including phenoxy) is 1. The van der Waals surface area contributed by atoms with Crippen LogP contribution in [0.2, 0.25) is 10.0 Å². The molecule has 3 amide bonds. The fourth-order valence-electron chi connectivity index (χ4n) is 3.98. The Morgan fingerprint density at radius 2 is 2.00 bits per heavy atom. The van der Waals surface area contributed by atoms with Crippen LogP contribution in [0.4, 0.5) is 0 Å². The van der Waals surface area contributed by atoms with Crippen molar-refractivity contribution in [3.05, 3.63) is 69.5 Å². The number of piperidine rings is 1. The lowest BCUT2D eigenvalue weighted by Gasteiger charge is -2.29. The zero-order valence-electron chi connectivity index (χ0n) is 17.1. The Labute approximate surface area is 198 Å². The van der Waals surface area contributed by atoms with E-state index in [2.05, 4.69) is 10.3 Å². The highest BCUT2D eigenvalue weighted by atomic mass is 35.5. The summed E-state index contributed by atoms with van der Waals surface area (Å²) in [4.78, 5) is 42.4. The normalized spacial score (nSPS) is 17.8. The molecule has 10 heteroatoms. The van der Waals surface area contributed by atoms with Crippen LogP contribution in [0.25, 0.3) is 11.5 Å². The van der Waals surface area contributed by atoms with E-state index < -0.39 is 11.9 Å². The average molecular weight is 486 g/mol. The molecule has 0 radical (unpaired) electrons. The second kappa shape index (κ2) is 8.53. The van der Waals surface area contributed by atoms with E-state index >= 15 is 0 Å². The third-order valence-corrected chi connectivity index (χ3v) is 6.37. The second-order valence-corrected chi connectivity index (χ2v) is 8.55. The lowest BCUT2D eigenvalue weighted by atomic mass is 10.0. The summed E-state index contributed by atoms with van der Waals surface area (Å²) in [6.45, 7) is 0.318. The first-order valence-corrected chi connectivity index (χ1v) is 11.0. The largest absolute Gasteiger partial charge is 0.485 e. The van der Waals surface area contributed by atoms with E-state index in [1.165, 1.54) is 4.90 Å². The van der Waals surface area contributed by atoms with Gasteiger partial charge in [0.05, 0.1) is 22.8 Å². The van der Waals surface area contributed by atoms with E-state index in [0.29, 0.717) is 50.6 Å². The van der Waals surface area contributed by atoms with E-state index in [0.717, 1.165) is 0 Å². The van der Waals surface area contributed by atoms with E-state index in [4.69, 9.17) is 32.4 Å². The molecule has 3 aromatic rings. The van der Waals surface area contributed by atoms with Gasteiger partial charge in [0.15, 0.2) is 5.76 Å².